The molecule has 1 unspecified atom stereocenters. The highest BCUT2D eigenvalue weighted by Crippen LogP contribution is 2.34. The smallest absolute Gasteiger partial charge is 0.227 e. The van der Waals surface area contributed by atoms with Crippen LogP contribution in [0.1, 0.15) is 79.4 Å². The number of carbonyl (C=O) groups is 1. The molecule has 150 valence electrons. The fourth-order valence-electron chi connectivity index (χ4n) is 3.62. The summed E-state index contributed by atoms with van der Waals surface area (Å²) in [5.74, 6) is -1.32. The molecule has 1 N–H and O–H groups in total. The van der Waals surface area contributed by atoms with E-state index in [1.165, 1.54) is 37.9 Å². The van der Waals surface area contributed by atoms with Gasteiger partial charge in [-0.05, 0) is 37.0 Å². The number of ketones is 1. The number of aromatic hydroxyl groups is 1. The number of carbonyl (C=O) groups excluding carboxylic acids is 1. The Morgan fingerprint density at radius 2 is 2.00 bits per heavy atom. The first-order valence-electron chi connectivity index (χ1n) is 10.1. The first-order chi connectivity index (χ1) is 13.6. The van der Waals surface area contributed by atoms with Gasteiger partial charge in [-0.15, -0.1) is 0 Å². The van der Waals surface area contributed by atoms with Crippen LogP contribution in [0.5, 0.6) is 11.6 Å². The summed E-state index contributed by atoms with van der Waals surface area (Å²) in [6.45, 7) is 2.69. The molecule has 0 fully saturated rings. The van der Waals surface area contributed by atoms with Crippen molar-refractivity contribution in [2.75, 3.05) is 6.61 Å². The first kappa shape index (κ1) is 20.2. The predicted octanol–water partition coefficient (Wildman–Crippen LogP) is 4.97. The summed E-state index contributed by atoms with van der Waals surface area (Å²) in [5.41, 5.74) is 1.22. The van der Waals surface area contributed by atoms with Gasteiger partial charge in [0.25, 0.3) is 0 Å². The largest absolute Gasteiger partial charge is 0.506 e. The number of halogens is 1. The molecule has 6 heteroatoms. The van der Waals surface area contributed by atoms with Crippen LogP contribution >= 0.6 is 0 Å². The van der Waals surface area contributed by atoms with E-state index < -0.39 is 11.9 Å². The number of Topliss-reactive ketones (excluding diaryl/α,β-unsaturated/α-hetero) is 1. The molecular formula is C22H27FN2O3. The molecule has 1 aliphatic carbocycles. The van der Waals surface area contributed by atoms with Crippen LogP contribution in [-0.4, -0.2) is 27.5 Å². The molecule has 28 heavy (non-hydrogen) atoms. The van der Waals surface area contributed by atoms with Crippen molar-refractivity contribution in [2.45, 2.75) is 64.2 Å². The molecule has 0 aliphatic heterocycles. The minimum Gasteiger partial charge on any atom is -0.506 e. The average molecular weight is 386 g/mol. The Morgan fingerprint density at radius 1 is 1.21 bits per heavy atom. The number of hydrogen-bond donors (Lipinski definition) is 1. The monoisotopic (exact) mass is 386 g/mol. The maximum Gasteiger partial charge on any atom is 0.227 e. The lowest BCUT2D eigenvalue weighted by Gasteiger charge is -2.23. The quantitative estimate of drug-likeness (QED) is 0.486. The van der Waals surface area contributed by atoms with Gasteiger partial charge in [0.05, 0.1) is 30.0 Å². The van der Waals surface area contributed by atoms with Gasteiger partial charge in [0, 0.05) is 6.07 Å². The number of aromatic nitrogens is 2. The van der Waals surface area contributed by atoms with E-state index in [9.17, 15) is 14.3 Å². The first-order valence-corrected chi connectivity index (χ1v) is 10.1. The third-order valence-corrected chi connectivity index (χ3v) is 5.17. The van der Waals surface area contributed by atoms with E-state index in [4.69, 9.17) is 4.74 Å². The highest BCUT2D eigenvalue weighted by Gasteiger charge is 2.33. The summed E-state index contributed by atoms with van der Waals surface area (Å²) in [4.78, 5) is 20.8. The number of rotatable bonds is 9. The van der Waals surface area contributed by atoms with Crippen molar-refractivity contribution >= 4 is 5.78 Å². The summed E-state index contributed by atoms with van der Waals surface area (Å²) in [6.07, 6.45) is 9.30. The Kier molecular flexibility index (Phi) is 6.95. The number of hydrogen-bond acceptors (Lipinski definition) is 5. The van der Waals surface area contributed by atoms with Crippen molar-refractivity contribution < 1.29 is 19.0 Å². The lowest BCUT2D eigenvalue weighted by molar-refractivity contribution is 0.0938. The second kappa shape index (κ2) is 9.62. The zero-order chi connectivity index (χ0) is 19.9. The van der Waals surface area contributed by atoms with Crippen molar-refractivity contribution in [2.24, 2.45) is 0 Å². The molecule has 0 aromatic carbocycles. The van der Waals surface area contributed by atoms with E-state index in [1.54, 1.807) is 12.1 Å². The molecule has 0 spiro atoms. The Bertz CT molecular complexity index is 808. The minimum absolute atomic E-state index is 0.0346. The molecule has 1 aliphatic rings. The summed E-state index contributed by atoms with van der Waals surface area (Å²) in [6, 6.07) is 4.78. The molecule has 2 heterocycles. The van der Waals surface area contributed by atoms with Gasteiger partial charge in [-0.3, -0.25) is 9.78 Å². The highest BCUT2D eigenvalue weighted by atomic mass is 19.1. The van der Waals surface area contributed by atoms with Crippen molar-refractivity contribution in [3.05, 3.63) is 47.2 Å². The maximum absolute atomic E-state index is 14.6. The molecule has 2 aromatic rings. The van der Waals surface area contributed by atoms with Crippen LogP contribution in [0.2, 0.25) is 0 Å². The van der Waals surface area contributed by atoms with E-state index in [1.807, 2.05) is 0 Å². The van der Waals surface area contributed by atoms with Crippen LogP contribution in [-0.2, 0) is 6.42 Å². The Labute approximate surface area is 165 Å². The summed E-state index contributed by atoms with van der Waals surface area (Å²) < 4.78 is 20.2. The van der Waals surface area contributed by atoms with Gasteiger partial charge in [0.2, 0.25) is 11.8 Å². The Hall–Kier alpha value is -2.50. The number of pyridine rings is 2. The number of fused-ring (bicyclic) bond motifs is 1. The van der Waals surface area contributed by atoms with Crippen LogP contribution in [0.3, 0.4) is 0 Å². The van der Waals surface area contributed by atoms with Crippen molar-refractivity contribution in [3.63, 3.8) is 0 Å². The van der Waals surface area contributed by atoms with Crippen molar-refractivity contribution in [3.8, 4) is 11.6 Å². The molecular weight excluding hydrogens is 359 g/mol. The molecule has 0 radical (unpaired) electrons. The van der Waals surface area contributed by atoms with Crippen LogP contribution in [0, 0.1) is 5.95 Å². The van der Waals surface area contributed by atoms with E-state index in [0.717, 1.165) is 12.8 Å². The normalized spacial score (nSPS) is 16.1. The van der Waals surface area contributed by atoms with Crippen LogP contribution < -0.4 is 4.74 Å². The molecule has 0 bridgehead atoms. The van der Waals surface area contributed by atoms with Gasteiger partial charge < -0.3 is 9.84 Å². The van der Waals surface area contributed by atoms with Gasteiger partial charge >= 0.3 is 0 Å². The second-order valence-electron chi connectivity index (χ2n) is 7.30. The van der Waals surface area contributed by atoms with E-state index in [0.29, 0.717) is 30.7 Å². The zero-order valence-corrected chi connectivity index (χ0v) is 16.3. The van der Waals surface area contributed by atoms with Gasteiger partial charge in [-0.25, -0.2) is 0 Å². The zero-order valence-electron chi connectivity index (χ0n) is 16.3. The molecule has 5 nitrogen and oxygen atoms in total. The topological polar surface area (TPSA) is 72.3 Å². The lowest BCUT2D eigenvalue weighted by atomic mass is 9.81. The number of aryl methyl sites for hydroxylation is 1. The van der Waals surface area contributed by atoms with Gasteiger partial charge in [0.1, 0.15) is 5.75 Å². The molecule has 1 atom stereocenters. The lowest BCUT2D eigenvalue weighted by Crippen LogP contribution is -2.24. The Balaban J connectivity index is 1.62. The van der Waals surface area contributed by atoms with Gasteiger partial charge in [-0.2, -0.15) is 9.37 Å². The number of ether oxygens (including phenoxy) is 1. The fraction of sp³-hybridized carbons (Fsp3) is 0.500. The van der Waals surface area contributed by atoms with Crippen molar-refractivity contribution in [1.29, 1.82) is 0 Å². The minimum atomic E-state index is -0.774. The SMILES string of the molecule is CCCCCCCCOc1cc2c(c(F)n1)C(=O)C(c1ccc(O)cn1)CC2. The summed E-state index contributed by atoms with van der Waals surface area (Å²) in [7, 11) is 0. The summed E-state index contributed by atoms with van der Waals surface area (Å²) in [5, 5.41) is 9.36. The standard InChI is InChI=1S/C22H27FN2O3/c1-2-3-4-5-6-7-12-28-19-13-15-8-10-17(18-11-9-16(26)14-24-18)21(27)20(15)22(23)25-19/h9,11,13-14,17,26H,2-8,10,12H2,1H3. The van der Waals surface area contributed by atoms with Crippen LogP contribution in [0.4, 0.5) is 4.39 Å². The third kappa shape index (κ3) is 4.86. The Morgan fingerprint density at radius 3 is 2.75 bits per heavy atom. The predicted molar refractivity (Wildman–Crippen MR) is 104 cm³/mol. The number of unbranched alkanes of at least 4 members (excludes halogenated alkanes) is 5. The molecule has 0 saturated heterocycles. The van der Waals surface area contributed by atoms with Gasteiger partial charge in [-0.1, -0.05) is 39.0 Å². The summed E-state index contributed by atoms with van der Waals surface area (Å²) >= 11 is 0. The maximum atomic E-state index is 14.6. The highest BCUT2D eigenvalue weighted by molar-refractivity contribution is 6.03. The van der Waals surface area contributed by atoms with Gasteiger partial charge in [0.15, 0.2) is 5.78 Å². The molecule has 2 aromatic heterocycles. The fourth-order valence-corrected chi connectivity index (χ4v) is 3.62. The molecule has 0 amide bonds. The van der Waals surface area contributed by atoms with E-state index in [-0.39, 0.29) is 23.0 Å². The van der Waals surface area contributed by atoms with Crippen LogP contribution in [0.25, 0.3) is 0 Å². The van der Waals surface area contributed by atoms with E-state index in [2.05, 4.69) is 16.9 Å². The van der Waals surface area contributed by atoms with Crippen molar-refractivity contribution in [1.82, 2.24) is 9.97 Å². The third-order valence-electron chi connectivity index (χ3n) is 5.17. The van der Waals surface area contributed by atoms with E-state index >= 15 is 0 Å². The molecule has 3 rings (SSSR count). The average Bonchev–Trinajstić information content (AvgIpc) is 2.68. The van der Waals surface area contributed by atoms with Crippen LogP contribution in [0.15, 0.2) is 24.4 Å². The second-order valence-corrected chi connectivity index (χ2v) is 7.30. The molecule has 0 saturated carbocycles. The number of nitrogens with zero attached hydrogens (tertiary/aromatic N) is 2.